The highest BCUT2D eigenvalue weighted by Crippen LogP contribution is 2.26. The van der Waals surface area contributed by atoms with Crippen LogP contribution in [0.3, 0.4) is 0 Å². The molecule has 0 bridgehead atoms. The summed E-state index contributed by atoms with van der Waals surface area (Å²) in [6.45, 7) is 3.99. The van der Waals surface area contributed by atoms with Crippen molar-refractivity contribution in [3.63, 3.8) is 0 Å². The Morgan fingerprint density at radius 2 is 1.71 bits per heavy atom. The van der Waals surface area contributed by atoms with Crippen molar-refractivity contribution in [2.24, 2.45) is 0 Å². The van der Waals surface area contributed by atoms with Gasteiger partial charge in [0.25, 0.3) is 5.91 Å². The molecule has 1 fully saturated rings. The van der Waals surface area contributed by atoms with Gasteiger partial charge >= 0.3 is 6.03 Å². The van der Waals surface area contributed by atoms with Crippen LogP contribution < -0.4 is 4.90 Å². The average molecular weight is 383 g/mol. The van der Waals surface area contributed by atoms with Crippen LogP contribution in [0.4, 0.5) is 14.9 Å². The van der Waals surface area contributed by atoms with E-state index in [1.54, 1.807) is 11.8 Å². The van der Waals surface area contributed by atoms with Gasteiger partial charge < -0.3 is 4.90 Å². The van der Waals surface area contributed by atoms with Crippen LogP contribution in [0.15, 0.2) is 54.6 Å². The summed E-state index contributed by atoms with van der Waals surface area (Å²) in [6.07, 6.45) is 0. The summed E-state index contributed by atoms with van der Waals surface area (Å²) in [5.41, 5.74) is 1.39. The van der Waals surface area contributed by atoms with E-state index in [4.69, 9.17) is 0 Å². The number of anilines is 1. The Labute approximate surface area is 163 Å². The van der Waals surface area contributed by atoms with Crippen LogP contribution in [0.2, 0.25) is 0 Å². The molecule has 146 valence electrons. The lowest BCUT2D eigenvalue weighted by molar-refractivity contribution is -0.137. The van der Waals surface area contributed by atoms with Gasteiger partial charge in [-0.3, -0.25) is 19.4 Å². The zero-order chi connectivity index (χ0) is 20.3. The second-order valence-electron chi connectivity index (χ2n) is 6.62. The van der Waals surface area contributed by atoms with Gasteiger partial charge in [0.1, 0.15) is 18.4 Å². The second kappa shape index (κ2) is 8.21. The zero-order valence-electron chi connectivity index (χ0n) is 15.8. The van der Waals surface area contributed by atoms with E-state index in [-0.39, 0.29) is 12.5 Å². The minimum atomic E-state index is -0.755. The maximum Gasteiger partial charge on any atom is 0.332 e. The van der Waals surface area contributed by atoms with E-state index in [9.17, 15) is 18.8 Å². The lowest BCUT2D eigenvalue weighted by Crippen LogP contribution is -2.43. The Kier molecular flexibility index (Phi) is 5.73. The number of nitrogens with zero attached hydrogens (tertiary/aromatic N) is 3. The first-order valence-corrected chi connectivity index (χ1v) is 9.14. The molecule has 1 aliphatic heterocycles. The third kappa shape index (κ3) is 3.88. The Bertz CT molecular complexity index is 870. The SMILES string of the molecule is CCN(Cc1ccccc1)C(=O)CN1C(=O)[C@@H](C)N(c2ccc(F)cc2)C1=O. The molecular formula is C21H22FN3O3. The molecule has 1 heterocycles. The number of benzene rings is 2. The highest BCUT2D eigenvalue weighted by molar-refractivity contribution is 6.15. The standard InChI is InChI=1S/C21H22FN3O3/c1-3-23(13-16-7-5-4-6-8-16)19(26)14-24-20(27)15(2)25(21(24)28)18-11-9-17(22)10-12-18/h4-12,15H,3,13-14H2,1-2H3/t15-/m1/s1. The lowest BCUT2D eigenvalue weighted by Gasteiger charge is -2.24. The molecule has 4 amide bonds. The van der Waals surface area contributed by atoms with E-state index in [1.165, 1.54) is 29.2 Å². The van der Waals surface area contributed by atoms with Gasteiger partial charge in [0.15, 0.2) is 0 Å². The smallest absolute Gasteiger partial charge is 0.332 e. The fourth-order valence-electron chi connectivity index (χ4n) is 3.22. The first-order chi connectivity index (χ1) is 13.4. The number of urea groups is 1. The van der Waals surface area contributed by atoms with Gasteiger partial charge in [-0.05, 0) is 43.7 Å². The number of carbonyl (C=O) groups excluding carboxylic acids is 3. The molecule has 1 saturated heterocycles. The van der Waals surface area contributed by atoms with Crippen LogP contribution in [-0.4, -0.2) is 46.8 Å². The monoisotopic (exact) mass is 383 g/mol. The van der Waals surface area contributed by atoms with Crippen molar-refractivity contribution in [3.05, 3.63) is 66.0 Å². The third-order valence-corrected chi connectivity index (χ3v) is 4.80. The first kappa shape index (κ1) is 19.5. The number of imide groups is 1. The summed E-state index contributed by atoms with van der Waals surface area (Å²) in [6, 6.07) is 13.5. The highest BCUT2D eigenvalue weighted by Gasteiger charge is 2.44. The molecule has 0 saturated carbocycles. The van der Waals surface area contributed by atoms with Crippen LogP contribution in [0.1, 0.15) is 19.4 Å². The zero-order valence-corrected chi connectivity index (χ0v) is 15.8. The molecule has 0 unspecified atom stereocenters. The molecule has 0 spiro atoms. The van der Waals surface area contributed by atoms with E-state index < -0.39 is 23.8 Å². The largest absolute Gasteiger partial charge is 0.337 e. The minimum Gasteiger partial charge on any atom is -0.337 e. The van der Waals surface area contributed by atoms with Gasteiger partial charge in [-0.1, -0.05) is 30.3 Å². The number of hydrogen-bond acceptors (Lipinski definition) is 3. The Morgan fingerprint density at radius 1 is 1.07 bits per heavy atom. The van der Waals surface area contributed by atoms with Crippen molar-refractivity contribution in [1.82, 2.24) is 9.80 Å². The maximum absolute atomic E-state index is 13.2. The fourth-order valence-corrected chi connectivity index (χ4v) is 3.22. The van der Waals surface area contributed by atoms with E-state index in [0.29, 0.717) is 18.8 Å². The van der Waals surface area contributed by atoms with Crippen LogP contribution in [-0.2, 0) is 16.1 Å². The predicted molar refractivity (Wildman–Crippen MR) is 103 cm³/mol. The molecule has 2 aromatic carbocycles. The summed E-state index contributed by atoms with van der Waals surface area (Å²) in [4.78, 5) is 41.9. The van der Waals surface area contributed by atoms with Crippen LogP contribution in [0, 0.1) is 5.82 Å². The summed E-state index contributed by atoms with van der Waals surface area (Å²) in [5.74, 6) is -1.18. The van der Waals surface area contributed by atoms with E-state index >= 15 is 0 Å². The number of carbonyl (C=O) groups is 3. The minimum absolute atomic E-state index is 0.304. The van der Waals surface area contributed by atoms with Gasteiger partial charge in [-0.2, -0.15) is 0 Å². The molecule has 1 atom stereocenters. The quantitative estimate of drug-likeness (QED) is 0.721. The fraction of sp³-hybridized carbons (Fsp3) is 0.286. The van der Waals surface area contributed by atoms with Crippen molar-refractivity contribution in [2.75, 3.05) is 18.0 Å². The van der Waals surface area contributed by atoms with Crippen molar-refractivity contribution in [1.29, 1.82) is 0 Å². The molecular weight excluding hydrogens is 361 g/mol. The third-order valence-electron chi connectivity index (χ3n) is 4.80. The Balaban J connectivity index is 1.73. The predicted octanol–water partition coefficient (Wildman–Crippen LogP) is 3.03. The van der Waals surface area contributed by atoms with Crippen molar-refractivity contribution in [2.45, 2.75) is 26.4 Å². The molecule has 28 heavy (non-hydrogen) atoms. The average Bonchev–Trinajstić information content (AvgIpc) is 2.91. The van der Waals surface area contributed by atoms with Crippen molar-refractivity contribution in [3.8, 4) is 0 Å². The van der Waals surface area contributed by atoms with E-state index in [0.717, 1.165) is 10.5 Å². The Hall–Kier alpha value is -3.22. The van der Waals surface area contributed by atoms with Crippen LogP contribution in [0.25, 0.3) is 0 Å². The molecule has 7 heteroatoms. The number of rotatable bonds is 6. The summed E-state index contributed by atoms with van der Waals surface area (Å²) in [5, 5.41) is 0. The molecule has 0 N–H and O–H groups in total. The van der Waals surface area contributed by atoms with Crippen molar-refractivity contribution >= 4 is 23.5 Å². The lowest BCUT2D eigenvalue weighted by atomic mass is 10.2. The van der Waals surface area contributed by atoms with Gasteiger partial charge in [0.05, 0.1) is 0 Å². The number of halogens is 1. The van der Waals surface area contributed by atoms with Crippen LogP contribution >= 0.6 is 0 Å². The first-order valence-electron chi connectivity index (χ1n) is 9.14. The molecule has 0 radical (unpaired) electrons. The molecule has 0 aromatic heterocycles. The normalized spacial score (nSPS) is 16.6. The van der Waals surface area contributed by atoms with Crippen LogP contribution in [0.5, 0.6) is 0 Å². The summed E-state index contributed by atoms with van der Waals surface area (Å²) < 4.78 is 13.2. The Morgan fingerprint density at radius 3 is 2.32 bits per heavy atom. The van der Waals surface area contributed by atoms with Crippen molar-refractivity contribution < 1.29 is 18.8 Å². The maximum atomic E-state index is 13.2. The number of amides is 4. The molecule has 0 aliphatic carbocycles. The van der Waals surface area contributed by atoms with Gasteiger partial charge in [0.2, 0.25) is 5.91 Å². The molecule has 3 rings (SSSR count). The molecule has 6 nitrogen and oxygen atoms in total. The van der Waals surface area contributed by atoms with E-state index in [2.05, 4.69) is 0 Å². The second-order valence-corrected chi connectivity index (χ2v) is 6.62. The highest BCUT2D eigenvalue weighted by atomic mass is 19.1. The number of likely N-dealkylation sites (N-methyl/N-ethyl adjacent to an activating group) is 1. The van der Waals surface area contributed by atoms with Gasteiger partial charge in [-0.15, -0.1) is 0 Å². The molecule has 2 aromatic rings. The summed E-state index contributed by atoms with van der Waals surface area (Å²) in [7, 11) is 0. The van der Waals surface area contributed by atoms with Gasteiger partial charge in [-0.25, -0.2) is 9.18 Å². The van der Waals surface area contributed by atoms with Gasteiger partial charge in [0, 0.05) is 18.8 Å². The number of hydrogen-bond donors (Lipinski definition) is 0. The molecule has 1 aliphatic rings. The summed E-state index contributed by atoms with van der Waals surface area (Å²) >= 11 is 0. The van der Waals surface area contributed by atoms with E-state index in [1.807, 2.05) is 37.3 Å². The topological polar surface area (TPSA) is 60.9 Å².